The number of nitrogens with one attached hydrogen (secondary N) is 1. The number of carbonyl (C=O) groups excluding carboxylic acids is 1. The molecule has 5 rings (SSSR count). The van der Waals surface area contributed by atoms with Gasteiger partial charge in [0, 0.05) is 10.9 Å². The third kappa shape index (κ3) is 4.15. The molecule has 34 heavy (non-hydrogen) atoms. The lowest BCUT2D eigenvalue weighted by Crippen LogP contribution is -2.62. The van der Waals surface area contributed by atoms with Crippen molar-refractivity contribution in [3.8, 4) is 11.3 Å². The second kappa shape index (κ2) is 8.57. The molecule has 3 aromatic heterocycles. The van der Waals surface area contributed by atoms with Crippen molar-refractivity contribution in [3.05, 3.63) is 53.0 Å². The van der Waals surface area contributed by atoms with E-state index in [1.165, 1.54) is 11.0 Å². The topological polar surface area (TPSA) is 110 Å². The minimum Gasteiger partial charge on any atom is -0.397 e. The van der Waals surface area contributed by atoms with E-state index in [1.807, 2.05) is 5.01 Å². The van der Waals surface area contributed by atoms with Crippen molar-refractivity contribution in [2.45, 2.75) is 6.18 Å². The van der Waals surface area contributed by atoms with Gasteiger partial charge >= 0.3 is 12.1 Å². The van der Waals surface area contributed by atoms with Gasteiger partial charge in [-0.05, 0) is 6.07 Å². The first-order chi connectivity index (χ1) is 16.3. The van der Waals surface area contributed by atoms with Crippen LogP contribution in [0, 0.1) is 0 Å². The maximum Gasteiger partial charge on any atom is 0.417 e. The van der Waals surface area contributed by atoms with E-state index in [0.717, 1.165) is 17.4 Å². The van der Waals surface area contributed by atoms with Crippen LogP contribution in [0.5, 0.6) is 0 Å². The van der Waals surface area contributed by atoms with E-state index < -0.39 is 17.6 Å². The van der Waals surface area contributed by atoms with Crippen LogP contribution in [0.15, 0.2) is 47.1 Å². The summed E-state index contributed by atoms with van der Waals surface area (Å²) in [4.78, 5) is 18.6. The highest BCUT2D eigenvalue weighted by Gasteiger charge is 2.36. The molecule has 1 aromatic carbocycles. The number of nitrogens with zero attached hydrogens (tertiary/aromatic N) is 4. The minimum absolute atomic E-state index is 0.0114. The average molecular weight is 491 g/mol. The number of carbonyl (C=O) groups is 1. The number of halogens is 3. The van der Waals surface area contributed by atoms with Crippen LogP contribution in [0.2, 0.25) is 0 Å². The molecule has 0 unspecified atom stereocenters. The lowest BCUT2D eigenvalue weighted by molar-refractivity contribution is -0.759. The number of ether oxygens (including phenoxy) is 1. The zero-order chi connectivity index (χ0) is 23.9. The van der Waals surface area contributed by atoms with E-state index in [2.05, 4.69) is 15.6 Å². The molecule has 9 nitrogen and oxygen atoms in total. The Labute approximate surface area is 194 Å². The van der Waals surface area contributed by atoms with Gasteiger partial charge in [-0.1, -0.05) is 30.3 Å². The smallest absolute Gasteiger partial charge is 0.397 e. The highest BCUT2D eigenvalue weighted by Crippen LogP contribution is 2.43. The fourth-order valence-corrected chi connectivity index (χ4v) is 4.64. The standard InChI is InChI=1S/C21H17F3N6O3S/c22-21(23,24)13-10-14(12-4-2-1-3-5-12)26-20-16(13)17(25)18(34-20)19(31)27-15-11-30(28-33-15)29-6-8-32-9-7-29/h1-5,10-11H,6-9H2,(H2-,25,27,28,31)/p+1. The molecule has 0 spiro atoms. The first-order valence-electron chi connectivity index (χ1n) is 10.2. The van der Waals surface area contributed by atoms with Gasteiger partial charge in [0.15, 0.2) is 0 Å². The normalized spacial score (nSPS) is 14.5. The third-order valence-corrected chi connectivity index (χ3v) is 6.35. The molecule has 1 amide bonds. The highest BCUT2D eigenvalue weighted by atomic mass is 32.1. The second-order valence-electron chi connectivity index (χ2n) is 7.45. The van der Waals surface area contributed by atoms with Crippen molar-refractivity contribution in [1.82, 2.24) is 10.3 Å². The zero-order valence-corrected chi connectivity index (χ0v) is 18.3. The van der Waals surface area contributed by atoms with Crippen molar-refractivity contribution >= 4 is 39.0 Å². The van der Waals surface area contributed by atoms with E-state index >= 15 is 0 Å². The predicted molar refractivity (Wildman–Crippen MR) is 118 cm³/mol. The van der Waals surface area contributed by atoms with Gasteiger partial charge in [0.05, 0.1) is 48.0 Å². The lowest BCUT2D eigenvalue weighted by atomic mass is 10.1. The van der Waals surface area contributed by atoms with Crippen molar-refractivity contribution in [3.63, 3.8) is 0 Å². The molecule has 13 heteroatoms. The van der Waals surface area contributed by atoms with Gasteiger partial charge < -0.3 is 10.5 Å². The number of aromatic nitrogens is 3. The van der Waals surface area contributed by atoms with Crippen molar-refractivity contribution in [2.75, 3.05) is 42.4 Å². The molecule has 1 fully saturated rings. The Kier molecular flexibility index (Phi) is 5.57. The van der Waals surface area contributed by atoms with Gasteiger partial charge in [-0.2, -0.15) is 13.2 Å². The Morgan fingerprint density at radius 3 is 2.65 bits per heavy atom. The number of alkyl halides is 3. The maximum atomic E-state index is 13.9. The van der Waals surface area contributed by atoms with Crippen LogP contribution < -0.4 is 20.9 Å². The van der Waals surface area contributed by atoms with Crippen LogP contribution in [0.4, 0.5) is 24.7 Å². The number of nitrogens with two attached hydrogens (primary N) is 1. The number of hydrogen-bond donors (Lipinski definition) is 2. The summed E-state index contributed by atoms with van der Waals surface area (Å²) in [5.74, 6) is -0.706. The number of amides is 1. The molecule has 176 valence electrons. The number of anilines is 2. The van der Waals surface area contributed by atoms with Gasteiger partial charge in [0.25, 0.3) is 12.1 Å². The summed E-state index contributed by atoms with van der Waals surface area (Å²) in [5, 5.41) is 7.90. The van der Waals surface area contributed by atoms with Crippen LogP contribution in [-0.4, -0.2) is 42.5 Å². The molecule has 1 saturated heterocycles. The molecule has 4 heterocycles. The molecule has 1 aliphatic rings. The van der Waals surface area contributed by atoms with Crippen molar-refractivity contribution < 1.29 is 32.0 Å². The Morgan fingerprint density at radius 1 is 1.21 bits per heavy atom. The average Bonchev–Trinajstić information content (AvgIpc) is 3.43. The molecular formula is C21H18F3N6O3S+. The number of nitrogen functional groups attached to an aromatic ring is 1. The number of benzene rings is 1. The van der Waals surface area contributed by atoms with Crippen molar-refractivity contribution in [2.24, 2.45) is 0 Å². The van der Waals surface area contributed by atoms with E-state index in [0.29, 0.717) is 31.9 Å². The molecule has 1 aliphatic heterocycles. The largest absolute Gasteiger partial charge is 0.417 e. The number of rotatable bonds is 4. The summed E-state index contributed by atoms with van der Waals surface area (Å²) in [6, 6.07) is 9.43. The second-order valence-corrected chi connectivity index (χ2v) is 8.45. The summed E-state index contributed by atoms with van der Waals surface area (Å²) < 4.78 is 52.2. The molecular weight excluding hydrogens is 473 g/mol. The Bertz CT molecular complexity index is 1350. The highest BCUT2D eigenvalue weighted by molar-refractivity contribution is 7.21. The van der Waals surface area contributed by atoms with E-state index in [-0.39, 0.29) is 32.4 Å². The monoisotopic (exact) mass is 491 g/mol. The molecule has 0 bridgehead atoms. The quantitative estimate of drug-likeness (QED) is 0.422. The molecule has 0 aliphatic carbocycles. The lowest BCUT2D eigenvalue weighted by Gasteiger charge is -2.18. The molecule has 0 saturated carbocycles. The van der Waals surface area contributed by atoms with E-state index in [4.69, 9.17) is 15.0 Å². The van der Waals surface area contributed by atoms with Gasteiger partial charge in [0.2, 0.25) is 5.27 Å². The van der Waals surface area contributed by atoms with Gasteiger partial charge in [-0.15, -0.1) is 16.3 Å². The van der Waals surface area contributed by atoms with Gasteiger partial charge in [0.1, 0.15) is 9.71 Å². The van der Waals surface area contributed by atoms with Crippen LogP contribution in [0.25, 0.3) is 21.5 Å². The fraction of sp³-hybridized carbons (Fsp3) is 0.238. The minimum atomic E-state index is -4.69. The number of pyridine rings is 1. The number of hydrogen-bond acceptors (Lipinski definition) is 8. The summed E-state index contributed by atoms with van der Waals surface area (Å²) in [7, 11) is 0. The maximum absolute atomic E-state index is 13.9. The van der Waals surface area contributed by atoms with Crippen LogP contribution in [0.1, 0.15) is 15.2 Å². The molecule has 0 atom stereocenters. The number of fused-ring (bicyclic) bond motifs is 1. The van der Waals surface area contributed by atoms with Crippen LogP contribution in [0.3, 0.4) is 0 Å². The van der Waals surface area contributed by atoms with E-state index in [9.17, 15) is 18.0 Å². The Balaban J connectivity index is 1.49. The molecule has 3 N–H and O–H groups in total. The Morgan fingerprint density at radius 2 is 1.94 bits per heavy atom. The zero-order valence-electron chi connectivity index (χ0n) is 17.5. The number of thiophene rings is 1. The summed E-state index contributed by atoms with van der Waals surface area (Å²) in [6.07, 6.45) is -3.23. The Hall–Kier alpha value is -3.71. The van der Waals surface area contributed by atoms with Gasteiger partial charge in [-0.25, -0.2) is 4.98 Å². The van der Waals surface area contributed by atoms with Crippen molar-refractivity contribution in [1.29, 1.82) is 0 Å². The summed E-state index contributed by atoms with van der Waals surface area (Å²) in [6.45, 7) is 2.23. The summed E-state index contributed by atoms with van der Waals surface area (Å²) >= 11 is 0.781. The van der Waals surface area contributed by atoms with E-state index in [1.54, 1.807) is 30.3 Å². The number of morpholine rings is 1. The fourth-order valence-electron chi connectivity index (χ4n) is 3.62. The third-order valence-electron chi connectivity index (χ3n) is 5.25. The summed E-state index contributed by atoms with van der Waals surface area (Å²) in [5.41, 5.74) is 5.44. The first kappa shape index (κ1) is 22.1. The SMILES string of the molecule is Nc1c(C(=O)Nc2c[n+](N3CCOCC3)no2)sc2nc(-c3ccccc3)cc(C(F)(F)F)c12. The van der Waals surface area contributed by atoms with Gasteiger partial charge in [-0.3, -0.25) is 14.6 Å². The van der Waals surface area contributed by atoms with Crippen LogP contribution >= 0.6 is 11.3 Å². The molecule has 0 radical (unpaired) electrons. The van der Waals surface area contributed by atoms with Crippen LogP contribution in [-0.2, 0) is 10.9 Å². The molecule has 4 aromatic rings. The predicted octanol–water partition coefficient (Wildman–Crippen LogP) is 3.06. The first-order valence-corrected chi connectivity index (χ1v) is 11.0.